The van der Waals surface area contributed by atoms with Crippen molar-refractivity contribution in [3.63, 3.8) is 0 Å². The minimum Gasteiger partial charge on any atom is -0.544 e. The molecule has 0 saturated carbocycles. The summed E-state index contributed by atoms with van der Waals surface area (Å²) in [6, 6.07) is 5.66. The predicted molar refractivity (Wildman–Crippen MR) is 82.2 cm³/mol. The van der Waals surface area contributed by atoms with Crippen LogP contribution < -0.4 is 9.74 Å². The van der Waals surface area contributed by atoms with Gasteiger partial charge in [-0.05, 0) is 69.2 Å². The van der Waals surface area contributed by atoms with Gasteiger partial charge >= 0.3 is 5.97 Å². The molecular formula is C15H23NO3Si. The van der Waals surface area contributed by atoms with Gasteiger partial charge in [0, 0.05) is 0 Å². The molecule has 0 atom stereocenters. The number of carboxylic acid groups (broad SMARTS) is 1. The van der Waals surface area contributed by atoms with Crippen molar-refractivity contribution in [1.82, 2.24) is 5.32 Å². The largest absolute Gasteiger partial charge is 0.544 e. The van der Waals surface area contributed by atoms with Gasteiger partial charge in [0.2, 0.25) is 8.32 Å². The van der Waals surface area contributed by atoms with E-state index < -0.39 is 14.3 Å². The Kier molecular flexibility index (Phi) is 4.50. The highest BCUT2D eigenvalue weighted by atomic mass is 28.4. The van der Waals surface area contributed by atoms with E-state index in [2.05, 4.69) is 25.0 Å². The number of piperidine rings is 1. The fraction of sp³-hybridized carbons (Fsp3) is 0.533. The van der Waals surface area contributed by atoms with Crippen molar-refractivity contribution in [2.45, 2.75) is 38.4 Å². The number of rotatable bonds is 4. The fourth-order valence-corrected chi connectivity index (χ4v) is 3.38. The van der Waals surface area contributed by atoms with Crippen molar-refractivity contribution >= 4 is 14.3 Å². The van der Waals surface area contributed by atoms with Gasteiger partial charge < -0.3 is 14.8 Å². The summed E-state index contributed by atoms with van der Waals surface area (Å²) in [5.74, 6) is 0.0543. The van der Waals surface area contributed by atoms with Crippen LogP contribution >= 0.6 is 0 Å². The van der Waals surface area contributed by atoms with E-state index in [0.29, 0.717) is 17.2 Å². The molecule has 0 unspecified atom stereocenters. The summed E-state index contributed by atoms with van der Waals surface area (Å²) in [7, 11) is -1.81. The van der Waals surface area contributed by atoms with Gasteiger partial charge in [-0.25, -0.2) is 4.79 Å². The lowest BCUT2D eigenvalue weighted by molar-refractivity contribution is 0.0694. The van der Waals surface area contributed by atoms with Crippen LogP contribution in [0, 0.1) is 0 Å². The average molecular weight is 293 g/mol. The van der Waals surface area contributed by atoms with Crippen molar-refractivity contribution in [3.8, 4) is 5.75 Å². The Hall–Kier alpha value is -1.33. The van der Waals surface area contributed by atoms with E-state index in [0.717, 1.165) is 31.5 Å². The summed E-state index contributed by atoms with van der Waals surface area (Å²) in [4.78, 5) is 11.5. The van der Waals surface area contributed by atoms with Crippen molar-refractivity contribution in [1.29, 1.82) is 0 Å². The Bertz CT molecular complexity index is 490. The maximum Gasteiger partial charge on any atom is 0.339 e. The smallest absolute Gasteiger partial charge is 0.339 e. The molecule has 0 spiro atoms. The van der Waals surface area contributed by atoms with Gasteiger partial charge in [-0.1, -0.05) is 6.07 Å². The summed E-state index contributed by atoms with van der Waals surface area (Å²) in [5.41, 5.74) is 1.41. The van der Waals surface area contributed by atoms with Crippen molar-refractivity contribution in [2.75, 3.05) is 13.1 Å². The minimum atomic E-state index is -1.81. The van der Waals surface area contributed by atoms with Gasteiger partial charge in [0.15, 0.2) is 0 Å². The van der Waals surface area contributed by atoms with E-state index in [1.54, 1.807) is 6.07 Å². The number of hydrogen-bond donors (Lipinski definition) is 2. The number of nitrogens with one attached hydrogen (secondary N) is 1. The topological polar surface area (TPSA) is 58.6 Å². The van der Waals surface area contributed by atoms with Crippen LogP contribution in [0.5, 0.6) is 5.75 Å². The monoisotopic (exact) mass is 293 g/mol. The van der Waals surface area contributed by atoms with Crippen LogP contribution in [0.3, 0.4) is 0 Å². The molecule has 1 saturated heterocycles. The first-order valence-electron chi connectivity index (χ1n) is 7.14. The molecular weight excluding hydrogens is 270 g/mol. The van der Waals surface area contributed by atoms with Crippen molar-refractivity contribution in [2.24, 2.45) is 0 Å². The lowest BCUT2D eigenvalue weighted by atomic mass is 9.89. The first-order chi connectivity index (χ1) is 9.37. The first-order valence-corrected chi connectivity index (χ1v) is 10.5. The van der Waals surface area contributed by atoms with E-state index in [1.807, 2.05) is 12.1 Å². The minimum absolute atomic E-state index is 0.295. The van der Waals surface area contributed by atoms with E-state index in [1.165, 1.54) is 0 Å². The zero-order valence-electron chi connectivity index (χ0n) is 12.4. The lowest BCUT2D eigenvalue weighted by Crippen LogP contribution is -2.30. The van der Waals surface area contributed by atoms with Gasteiger partial charge in [-0.15, -0.1) is 0 Å². The molecule has 1 aromatic carbocycles. The summed E-state index contributed by atoms with van der Waals surface area (Å²) in [6.45, 7) is 8.17. The number of carbonyl (C=O) groups is 1. The number of hydrogen-bond acceptors (Lipinski definition) is 3. The quantitative estimate of drug-likeness (QED) is 0.838. The molecule has 0 amide bonds. The van der Waals surface area contributed by atoms with Crippen LogP contribution in [0.2, 0.25) is 19.6 Å². The van der Waals surface area contributed by atoms with Gasteiger partial charge in [-0.2, -0.15) is 0 Å². The molecule has 0 aliphatic carbocycles. The first kappa shape index (κ1) is 15.1. The molecule has 0 radical (unpaired) electrons. The Balaban J connectivity index is 2.29. The third-order valence-corrected chi connectivity index (χ3v) is 4.29. The van der Waals surface area contributed by atoms with E-state index in [4.69, 9.17) is 4.43 Å². The molecule has 20 heavy (non-hydrogen) atoms. The molecule has 1 fully saturated rings. The molecule has 0 bridgehead atoms. The summed E-state index contributed by atoms with van der Waals surface area (Å²) >= 11 is 0. The molecule has 1 heterocycles. The second kappa shape index (κ2) is 5.97. The normalized spacial score (nSPS) is 16.9. The Labute approximate surface area is 121 Å². The summed E-state index contributed by atoms with van der Waals surface area (Å²) < 4.78 is 5.88. The molecule has 1 aliphatic heterocycles. The second-order valence-electron chi connectivity index (χ2n) is 6.30. The van der Waals surface area contributed by atoms with Crippen LogP contribution in [0.1, 0.15) is 34.7 Å². The highest BCUT2D eigenvalue weighted by molar-refractivity contribution is 6.70. The van der Waals surface area contributed by atoms with E-state index in [-0.39, 0.29) is 0 Å². The van der Waals surface area contributed by atoms with Crippen LogP contribution in [-0.4, -0.2) is 32.5 Å². The average Bonchev–Trinajstić information content (AvgIpc) is 2.38. The Morgan fingerprint density at radius 1 is 1.30 bits per heavy atom. The summed E-state index contributed by atoms with van der Waals surface area (Å²) in [5, 5.41) is 12.7. The van der Waals surface area contributed by atoms with Crippen LogP contribution in [-0.2, 0) is 0 Å². The van der Waals surface area contributed by atoms with Crippen molar-refractivity contribution < 1.29 is 14.3 Å². The molecule has 110 valence electrons. The van der Waals surface area contributed by atoms with Crippen LogP contribution in [0.15, 0.2) is 18.2 Å². The molecule has 5 heteroatoms. The Morgan fingerprint density at radius 2 is 1.95 bits per heavy atom. The second-order valence-corrected chi connectivity index (χ2v) is 10.7. The van der Waals surface area contributed by atoms with Gasteiger partial charge in [0.05, 0.1) is 0 Å². The molecule has 1 aromatic rings. The zero-order valence-corrected chi connectivity index (χ0v) is 13.4. The molecule has 2 N–H and O–H groups in total. The highest BCUT2D eigenvalue weighted by Gasteiger charge is 2.23. The molecule has 2 rings (SSSR count). The molecule has 0 aromatic heterocycles. The zero-order chi connectivity index (χ0) is 14.8. The lowest BCUT2D eigenvalue weighted by Gasteiger charge is -2.25. The maximum absolute atomic E-state index is 11.5. The fourth-order valence-electron chi connectivity index (χ4n) is 2.54. The number of benzene rings is 1. The highest BCUT2D eigenvalue weighted by Crippen LogP contribution is 2.30. The van der Waals surface area contributed by atoms with Crippen LogP contribution in [0.4, 0.5) is 0 Å². The standard InChI is InChI=1S/C15H23NO3Si/c1-20(2,3)19-14-5-4-12(10-13(14)15(17)18)11-6-8-16-9-7-11/h4-5,10-11,16H,6-9H2,1-3H3,(H,17,18). The third kappa shape index (κ3) is 3.83. The maximum atomic E-state index is 11.5. The van der Waals surface area contributed by atoms with E-state index >= 15 is 0 Å². The Morgan fingerprint density at radius 3 is 2.50 bits per heavy atom. The number of aromatic carboxylic acids is 1. The molecule has 1 aliphatic rings. The summed E-state index contributed by atoms with van der Waals surface area (Å²) in [6.07, 6.45) is 2.13. The van der Waals surface area contributed by atoms with Gasteiger partial charge in [0.1, 0.15) is 11.3 Å². The molecule has 4 nitrogen and oxygen atoms in total. The third-order valence-electron chi connectivity index (χ3n) is 3.46. The van der Waals surface area contributed by atoms with E-state index in [9.17, 15) is 9.90 Å². The SMILES string of the molecule is C[Si](C)(C)Oc1ccc(C2CCNCC2)cc1C(=O)O. The van der Waals surface area contributed by atoms with Gasteiger partial charge in [-0.3, -0.25) is 0 Å². The van der Waals surface area contributed by atoms with Crippen LogP contribution in [0.25, 0.3) is 0 Å². The predicted octanol–water partition coefficient (Wildman–Crippen LogP) is 3.07. The van der Waals surface area contributed by atoms with Gasteiger partial charge in [0.25, 0.3) is 0 Å². The number of carboxylic acids is 1. The van der Waals surface area contributed by atoms with Crippen molar-refractivity contribution in [3.05, 3.63) is 29.3 Å².